The zero-order valence-electron chi connectivity index (χ0n) is 20.4. The van der Waals surface area contributed by atoms with Crippen LogP contribution >= 0.6 is 0 Å². The lowest BCUT2D eigenvalue weighted by atomic mass is 9.52. The number of likely N-dealkylation sites (tertiary alicyclic amines) is 1. The minimum Gasteiger partial charge on any atom is -0.490 e. The van der Waals surface area contributed by atoms with Crippen LogP contribution in [0, 0.1) is 5.92 Å². The molecule has 0 N–H and O–H groups in total. The minimum atomic E-state index is 0.402. The molecule has 174 valence electrons. The summed E-state index contributed by atoms with van der Waals surface area (Å²) in [5, 5.41) is 0. The molecule has 1 aliphatic heterocycles. The van der Waals surface area contributed by atoms with Gasteiger partial charge in [0.15, 0.2) is 0 Å². The van der Waals surface area contributed by atoms with Crippen LogP contribution in [0.2, 0.25) is 0 Å². The number of likely N-dealkylation sites (N-methyl/N-ethyl adjacent to an activating group) is 1. The molecule has 1 saturated carbocycles. The molecular formula is C31H39NO. The van der Waals surface area contributed by atoms with E-state index >= 15 is 0 Å². The van der Waals surface area contributed by atoms with Gasteiger partial charge in [-0.25, -0.2) is 0 Å². The van der Waals surface area contributed by atoms with E-state index in [4.69, 9.17) is 4.74 Å². The highest BCUT2D eigenvalue weighted by molar-refractivity contribution is 5.48. The molecule has 2 nitrogen and oxygen atoms in total. The fourth-order valence-electron chi connectivity index (χ4n) is 6.74. The first-order valence-corrected chi connectivity index (χ1v) is 13.0. The smallest absolute Gasteiger partial charge is 0.120 e. The first-order valence-electron chi connectivity index (χ1n) is 13.0. The highest BCUT2D eigenvalue weighted by atomic mass is 16.5. The number of allylic oxidation sites excluding steroid dienone is 2. The average molecular weight is 442 g/mol. The molecule has 2 aromatic carbocycles. The summed E-state index contributed by atoms with van der Waals surface area (Å²) in [6.07, 6.45) is 17.0. The van der Waals surface area contributed by atoms with Gasteiger partial charge in [0, 0.05) is 11.5 Å². The maximum atomic E-state index is 6.25. The van der Waals surface area contributed by atoms with E-state index in [0.29, 0.717) is 12.0 Å². The van der Waals surface area contributed by atoms with Gasteiger partial charge in [-0.3, -0.25) is 0 Å². The van der Waals surface area contributed by atoms with Gasteiger partial charge in [-0.05, 0) is 99.9 Å². The molecule has 2 fully saturated rings. The van der Waals surface area contributed by atoms with Gasteiger partial charge >= 0.3 is 0 Å². The van der Waals surface area contributed by atoms with E-state index in [2.05, 4.69) is 85.6 Å². The average Bonchev–Trinajstić information content (AvgIpc) is 2.85. The van der Waals surface area contributed by atoms with Crippen molar-refractivity contribution in [1.82, 2.24) is 4.90 Å². The number of nitrogens with zero attached hydrogens (tertiary/aromatic N) is 1. The van der Waals surface area contributed by atoms with Crippen LogP contribution in [-0.4, -0.2) is 31.1 Å². The number of fused-ring (bicyclic) bond motifs is 1. The van der Waals surface area contributed by atoms with Gasteiger partial charge in [0.1, 0.15) is 12.4 Å². The summed E-state index contributed by atoms with van der Waals surface area (Å²) in [5.41, 5.74) is 6.27. The second-order valence-corrected chi connectivity index (χ2v) is 10.5. The first kappa shape index (κ1) is 22.5. The van der Waals surface area contributed by atoms with Gasteiger partial charge in [-0.1, -0.05) is 67.0 Å². The molecule has 3 atom stereocenters. The van der Waals surface area contributed by atoms with E-state index in [9.17, 15) is 0 Å². The third kappa shape index (κ3) is 4.68. The molecule has 2 aromatic rings. The second kappa shape index (κ2) is 9.89. The third-order valence-corrected chi connectivity index (χ3v) is 8.58. The summed E-state index contributed by atoms with van der Waals surface area (Å²) in [5.74, 6) is 1.89. The molecule has 2 unspecified atom stereocenters. The van der Waals surface area contributed by atoms with E-state index in [0.717, 1.165) is 30.6 Å². The fourth-order valence-corrected chi connectivity index (χ4v) is 6.74. The molecule has 0 amide bonds. The first-order chi connectivity index (χ1) is 16.2. The molecule has 2 bridgehead atoms. The zero-order chi connectivity index (χ0) is 22.7. The van der Waals surface area contributed by atoms with Crippen molar-refractivity contribution in [1.29, 1.82) is 0 Å². The van der Waals surface area contributed by atoms with Gasteiger partial charge in [0.05, 0.1) is 0 Å². The maximum absolute atomic E-state index is 6.25. The summed E-state index contributed by atoms with van der Waals surface area (Å²) < 4.78 is 6.25. The lowest BCUT2D eigenvalue weighted by Crippen LogP contribution is -2.59. The molecule has 5 rings (SSSR count). The highest BCUT2D eigenvalue weighted by Crippen LogP contribution is 2.55. The van der Waals surface area contributed by atoms with Crippen molar-refractivity contribution >= 4 is 6.08 Å². The minimum absolute atomic E-state index is 0.402. The van der Waals surface area contributed by atoms with Gasteiger partial charge in [-0.15, -0.1) is 0 Å². The van der Waals surface area contributed by atoms with Crippen LogP contribution in [0.1, 0.15) is 68.6 Å². The predicted molar refractivity (Wildman–Crippen MR) is 139 cm³/mol. The number of rotatable bonds is 7. The molecular weight excluding hydrogens is 402 g/mol. The van der Waals surface area contributed by atoms with Crippen LogP contribution in [0.5, 0.6) is 5.75 Å². The normalized spacial score (nSPS) is 27.3. The molecule has 0 aromatic heterocycles. The lowest BCUT2D eigenvalue weighted by Gasteiger charge is -2.58. The molecule has 0 spiro atoms. The molecule has 0 radical (unpaired) electrons. The molecule has 1 heterocycles. The van der Waals surface area contributed by atoms with Crippen molar-refractivity contribution in [2.75, 3.05) is 20.2 Å². The predicted octanol–water partition coefficient (Wildman–Crippen LogP) is 7.19. The number of ether oxygens (including phenoxy) is 1. The van der Waals surface area contributed by atoms with Crippen LogP contribution in [0.25, 0.3) is 6.08 Å². The van der Waals surface area contributed by atoms with E-state index in [1.807, 2.05) is 0 Å². The Morgan fingerprint density at radius 2 is 2.00 bits per heavy atom. The standard InChI is InChI=1S/C31H39NO/c1-24(10-6-7-13-25-11-4-3-5-12-25)17-21-33-27-16-15-26-22-30-28-14-8-9-18-31(28,29(26)23-27)19-20-32(30)2/h3-5,7,11-13,15-17,23,28,30H,6,8-10,14,18-22H2,1-2H3/b13-7-,24-17+/t28-,30?,31?/m1/s1. The van der Waals surface area contributed by atoms with Gasteiger partial charge in [0.25, 0.3) is 0 Å². The Morgan fingerprint density at radius 1 is 1.12 bits per heavy atom. The van der Waals surface area contributed by atoms with Crippen molar-refractivity contribution in [2.45, 2.75) is 69.7 Å². The summed E-state index contributed by atoms with van der Waals surface area (Å²) in [6, 6.07) is 18.3. The van der Waals surface area contributed by atoms with Crippen LogP contribution in [0.15, 0.2) is 66.3 Å². The third-order valence-electron chi connectivity index (χ3n) is 8.58. The Labute approximate surface area is 200 Å². The van der Waals surface area contributed by atoms with Crippen LogP contribution in [0.4, 0.5) is 0 Å². The van der Waals surface area contributed by atoms with E-state index in [-0.39, 0.29) is 0 Å². The van der Waals surface area contributed by atoms with Gasteiger partial charge in [-0.2, -0.15) is 0 Å². The van der Waals surface area contributed by atoms with Gasteiger partial charge in [0.2, 0.25) is 0 Å². The van der Waals surface area contributed by atoms with Crippen molar-refractivity contribution in [3.05, 3.63) is 82.9 Å². The Hall–Kier alpha value is -2.32. The van der Waals surface area contributed by atoms with Crippen molar-refractivity contribution < 1.29 is 4.74 Å². The van der Waals surface area contributed by atoms with Crippen LogP contribution in [0.3, 0.4) is 0 Å². The summed E-state index contributed by atoms with van der Waals surface area (Å²) in [6.45, 7) is 4.12. The maximum Gasteiger partial charge on any atom is 0.120 e. The van der Waals surface area contributed by atoms with E-state index < -0.39 is 0 Å². The Balaban J connectivity index is 1.21. The summed E-state index contributed by atoms with van der Waals surface area (Å²) in [7, 11) is 2.35. The topological polar surface area (TPSA) is 12.5 Å². The number of benzene rings is 2. The highest BCUT2D eigenvalue weighted by Gasteiger charge is 2.53. The van der Waals surface area contributed by atoms with Crippen molar-refractivity contribution in [3.8, 4) is 5.75 Å². The zero-order valence-corrected chi connectivity index (χ0v) is 20.4. The monoisotopic (exact) mass is 441 g/mol. The second-order valence-electron chi connectivity index (χ2n) is 10.5. The Bertz CT molecular complexity index is 1010. The molecule has 3 aliphatic rings. The van der Waals surface area contributed by atoms with E-state index in [1.165, 1.54) is 56.2 Å². The Kier molecular flexibility index (Phi) is 6.74. The number of hydrogen-bond donors (Lipinski definition) is 0. The molecule has 33 heavy (non-hydrogen) atoms. The van der Waals surface area contributed by atoms with Crippen LogP contribution < -0.4 is 4.74 Å². The largest absolute Gasteiger partial charge is 0.490 e. The summed E-state index contributed by atoms with van der Waals surface area (Å²) in [4.78, 5) is 2.64. The molecule has 2 heteroatoms. The number of hydrogen-bond acceptors (Lipinski definition) is 2. The van der Waals surface area contributed by atoms with Crippen LogP contribution in [-0.2, 0) is 11.8 Å². The molecule has 1 saturated heterocycles. The Morgan fingerprint density at radius 3 is 2.88 bits per heavy atom. The SMILES string of the molecule is C/C(=C\COc1ccc2c(c1)C13CCCC[C@@H]1C(C2)N(C)CC3)CC/C=C\c1ccccc1. The fraction of sp³-hybridized carbons (Fsp3) is 0.484. The van der Waals surface area contributed by atoms with Gasteiger partial charge < -0.3 is 9.64 Å². The van der Waals surface area contributed by atoms with Crippen molar-refractivity contribution in [2.24, 2.45) is 5.92 Å². The lowest BCUT2D eigenvalue weighted by molar-refractivity contribution is 0.00272. The molecule has 2 aliphatic carbocycles. The summed E-state index contributed by atoms with van der Waals surface area (Å²) >= 11 is 0. The quantitative estimate of drug-likeness (QED) is 0.421. The number of piperidine rings is 1. The van der Waals surface area contributed by atoms with Crippen molar-refractivity contribution in [3.63, 3.8) is 0 Å². The van der Waals surface area contributed by atoms with E-state index in [1.54, 1.807) is 11.1 Å².